The molecule has 0 saturated carbocycles. The van der Waals surface area contributed by atoms with Gasteiger partial charge >= 0.3 is 0 Å². The summed E-state index contributed by atoms with van der Waals surface area (Å²) in [5, 5.41) is 4.89. The van der Waals surface area contributed by atoms with Gasteiger partial charge in [0.2, 0.25) is 5.91 Å². The Morgan fingerprint density at radius 2 is 2.19 bits per heavy atom. The van der Waals surface area contributed by atoms with Crippen LogP contribution in [-0.4, -0.2) is 47.5 Å². The summed E-state index contributed by atoms with van der Waals surface area (Å²) in [5.74, 6) is -0.781. The van der Waals surface area contributed by atoms with Crippen LogP contribution >= 0.6 is 11.3 Å². The minimum atomic E-state index is -0.667. The number of ether oxygens (including phenoxy) is 1. The number of carbonyl (C=O) groups is 2. The summed E-state index contributed by atoms with van der Waals surface area (Å²) in [6, 6.07) is 7.52. The Kier molecular flexibility index (Phi) is 4.29. The molecule has 0 aliphatic carbocycles. The Morgan fingerprint density at radius 3 is 3.00 bits per heavy atom. The molecule has 1 saturated heterocycles. The van der Waals surface area contributed by atoms with Gasteiger partial charge in [-0.1, -0.05) is 17.4 Å². The Balaban J connectivity index is 1.63. The molecule has 1 atom stereocenters. The van der Waals surface area contributed by atoms with E-state index in [1.807, 2.05) is 0 Å². The first-order chi connectivity index (χ1) is 12.5. The standard InChI is InChI=1S/C18H16FN3O3S/c1-10(23)22-6-7-25-9-15(22)17(24)21-18-20-14-5-2-11-8-12(19)3-4-13(11)16(14)26-18/h2-5,8,15H,6-7,9H2,1H3,(H,20,21,24). The highest BCUT2D eigenvalue weighted by Gasteiger charge is 2.31. The smallest absolute Gasteiger partial charge is 0.251 e. The molecule has 2 heterocycles. The molecule has 0 bridgehead atoms. The van der Waals surface area contributed by atoms with E-state index in [9.17, 15) is 14.0 Å². The summed E-state index contributed by atoms with van der Waals surface area (Å²) in [5.41, 5.74) is 0.729. The van der Waals surface area contributed by atoms with Gasteiger partial charge in [0.05, 0.1) is 23.4 Å². The number of nitrogens with one attached hydrogen (secondary N) is 1. The second kappa shape index (κ2) is 6.62. The Labute approximate surface area is 152 Å². The lowest BCUT2D eigenvalue weighted by Gasteiger charge is -2.33. The largest absolute Gasteiger partial charge is 0.377 e. The van der Waals surface area contributed by atoms with E-state index in [0.717, 1.165) is 21.0 Å². The lowest BCUT2D eigenvalue weighted by Crippen LogP contribution is -2.53. The van der Waals surface area contributed by atoms with Crippen molar-refractivity contribution < 1.29 is 18.7 Å². The van der Waals surface area contributed by atoms with Crippen molar-refractivity contribution >= 4 is 49.3 Å². The zero-order valence-electron chi connectivity index (χ0n) is 14.0. The van der Waals surface area contributed by atoms with Crippen molar-refractivity contribution in [3.8, 4) is 0 Å². The van der Waals surface area contributed by atoms with Crippen LogP contribution in [-0.2, 0) is 14.3 Å². The van der Waals surface area contributed by atoms with Crippen LogP contribution in [0.3, 0.4) is 0 Å². The van der Waals surface area contributed by atoms with Crippen LogP contribution in [0.25, 0.3) is 21.0 Å². The van der Waals surface area contributed by atoms with Crippen LogP contribution in [0.4, 0.5) is 9.52 Å². The van der Waals surface area contributed by atoms with Gasteiger partial charge in [0, 0.05) is 18.9 Å². The maximum atomic E-state index is 13.4. The number of carbonyl (C=O) groups excluding carboxylic acids is 2. The number of aromatic nitrogens is 1. The molecule has 1 aliphatic heterocycles. The number of hydrogen-bond donors (Lipinski definition) is 1. The fourth-order valence-electron chi connectivity index (χ4n) is 3.12. The van der Waals surface area contributed by atoms with Crippen LogP contribution in [0.2, 0.25) is 0 Å². The second-order valence-corrected chi connectivity index (χ2v) is 7.09. The molecule has 4 rings (SSSR count). The van der Waals surface area contributed by atoms with Crippen molar-refractivity contribution in [1.29, 1.82) is 0 Å². The van der Waals surface area contributed by atoms with Crippen LogP contribution in [0.15, 0.2) is 30.3 Å². The number of nitrogens with zero attached hydrogens (tertiary/aromatic N) is 2. The molecule has 1 fully saturated rings. The van der Waals surface area contributed by atoms with Gasteiger partial charge in [-0.05, 0) is 29.7 Å². The van der Waals surface area contributed by atoms with Gasteiger partial charge in [-0.25, -0.2) is 9.37 Å². The van der Waals surface area contributed by atoms with Crippen LogP contribution < -0.4 is 5.32 Å². The SMILES string of the molecule is CC(=O)N1CCOCC1C(=O)Nc1nc2ccc3cc(F)ccc3c2s1. The highest BCUT2D eigenvalue weighted by Crippen LogP contribution is 2.33. The van der Waals surface area contributed by atoms with Crippen LogP contribution in [0, 0.1) is 5.82 Å². The van der Waals surface area contributed by atoms with Gasteiger partial charge in [-0.3, -0.25) is 9.59 Å². The average Bonchev–Trinajstić information content (AvgIpc) is 3.04. The van der Waals surface area contributed by atoms with Gasteiger partial charge in [0.1, 0.15) is 11.9 Å². The molecule has 2 aromatic carbocycles. The van der Waals surface area contributed by atoms with Crippen molar-refractivity contribution in [1.82, 2.24) is 9.88 Å². The number of thiazole rings is 1. The fourth-order valence-corrected chi connectivity index (χ4v) is 4.13. The van der Waals surface area contributed by atoms with Crippen LogP contribution in [0.5, 0.6) is 0 Å². The number of halogens is 1. The first-order valence-corrected chi connectivity index (χ1v) is 8.99. The molecule has 1 unspecified atom stereocenters. The van der Waals surface area contributed by atoms with E-state index in [1.54, 1.807) is 18.2 Å². The zero-order valence-corrected chi connectivity index (χ0v) is 14.8. The van der Waals surface area contributed by atoms with E-state index in [-0.39, 0.29) is 24.2 Å². The Bertz CT molecular complexity index is 1020. The minimum absolute atomic E-state index is 0.161. The van der Waals surface area contributed by atoms with Gasteiger partial charge < -0.3 is 15.0 Å². The monoisotopic (exact) mass is 373 g/mol. The van der Waals surface area contributed by atoms with E-state index in [2.05, 4.69) is 10.3 Å². The van der Waals surface area contributed by atoms with E-state index >= 15 is 0 Å². The normalized spacial score (nSPS) is 17.6. The number of morpholine rings is 1. The molecule has 3 aromatic rings. The van der Waals surface area contributed by atoms with E-state index in [1.165, 1.54) is 35.3 Å². The van der Waals surface area contributed by atoms with Crippen molar-refractivity contribution in [3.05, 3.63) is 36.1 Å². The van der Waals surface area contributed by atoms with Gasteiger partial charge in [0.25, 0.3) is 5.91 Å². The minimum Gasteiger partial charge on any atom is -0.377 e. The first-order valence-electron chi connectivity index (χ1n) is 8.17. The van der Waals surface area contributed by atoms with Gasteiger partial charge in [-0.2, -0.15) is 0 Å². The Hall–Kier alpha value is -2.58. The molecule has 0 radical (unpaired) electrons. The molecule has 134 valence electrons. The maximum absolute atomic E-state index is 13.4. The lowest BCUT2D eigenvalue weighted by atomic mass is 10.1. The molecule has 26 heavy (non-hydrogen) atoms. The van der Waals surface area contributed by atoms with E-state index in [4.69, 9.17) is 4.74 Å². The summed E-state index contributed by atoms with van der Waals surface area (Å²) in [6.07, 6.45) is 0. The molecule has 8 heteroatoms. The van der Waals surface area contributed by atoms with Crippen molar-refractivity contribution in [2.45, 2.75) is 13.0 Å². The number of fused-ring (bicyclic) bond motifs is 3. The van der Waals surface area contributed by atoms with Gasteiger partial charge in [0.15, 0.2) is 5.13 Å². The molecular weight excluding hydrogens is 357 g/mol. The third kappa shape index (κ3) is 3.02. The second-order valence-electron chi connectivity index (χ2n) is 6.09. The Morgan fingerprint density at radius 1 is 1.35 bits per heavy atom. The third-order valence-electron chi connectivity index (χ3n) is 4.40. The molecule has 1 aromatic heterocycles. The van der Waals surface area contributed by atoms with E-state index in [0.29, 0.717) is 18.3 Å². The van der Waals surface area contributed by atoms with E-state index < -0.39 is 6.04 Å². The van der Waals surface area contributed by atoms with Crippen LogP contribution in [0.1, 0.15) is 6.92 Å². The quantitative estimate of drug-likeness (QED) is 0.750. The predicted molar refractivity (Wildman–Crippen MR) is 97.7 cm³/mol. The highest BCUT2D eigenvalue weighted by atomic mass is 32.1. The summed E-state index contributed by atoms with van der Waals surface area (Å²) in [4.78, 5) is 30.3. The predicted octanol–water partition coefficient (Wildman–Crippen LogP) is 2.77. The fraction of sp³-hybridized carbons (Fsp3) is 0.278. The molecule has 1 N–H and O–H groups in total. The topological polar surface area (TPSA) is 71.5 Å². The number of anilines is 1. The average molecular weight is 373 g/mol. The third-order valence-corrected chi connectivity index (χ3v) is 5.42. The molecule has 0 spiro atoms. The van der Waals surface area contributed by atoms with Gasteiger partial charge in [-0.15, -0.1) is 0 Å². The summed E-state index contributed by atoms with van der Waals surface area (Å²) >= 11 is 1.32. The summed E-state index contributed by atoms with van der Waals surface area (Å²) < 4.78 is 19.6. The number of hydrogen-bond acceptors (Lipinski definition) is 5. The molecule has 6 nitrogen and oxygen atoms in total. The first kappa shape index (κ1) is 16.9. The van der Waals surface area contributed by atoms with Crippen molar-refractivity contribution in [2.75, 3.05) is 25.1 Å². The number of benzene rings is 2. The van der Waals surface area contributed by atoms with Crippen molar-refractivity contribution in [3.63, 3.8) is 0 Å². The number of rotatable bonds is 2. The zero-order chi connectivity index (χ0) is 18.3. The lowest BCUT2D eigenvalue weighted by molar-refractivity contribution is -0.144. The molecular formula is C18H16FN3O3S. The number of amides is 2. The summed E-state index contributed by atoms with van der Waals surface area (Å²) in [6.45, 7) is 2.42. The molecule has 1 aliphatic rings. The highest BCUT2D eigenvalue weighted by molar-refractivity contribution is 7.23. The summed E-state index contributed by atoms with van der Waals surface area (Å²) in [7, 11) is 0. The molecule has 2 amide bonds. The maximum Gasteiger partial charge on any atom is 0.251 e. The van der Waals surface area contributed by atoms with Crippen molar-refractivity contribution in [2.24, 2.45) is 0 Å².